The fourth-order valence-corrected chi connectivity index (χ4v) is 16.0. The number of esters is 1. The number of hydrogen-bond acceptors (Lipinski definition) is 18. The van der Waals surface area contributed by atoms with Gasteiger partial charge in [-0.05, 0) is 115 Å². The van der Waals surface area contributed by atoms with Crippen LogP contribution in [0.2, 0.25) is 0 Å². The van der Waals surface area contributed by atoms with Gasteiger partial charge in [0.1, 0.15) is 79.4 Å². The Balaban J connectivity index is 0.934. The van der Waals surface area contributed by atoms with Crippen molar-refractivity contribution in [2.75, 3.05) is 19.8 Å². The summed E-state index contributed by atoms with van der Waals surface area (Å²) in [7, 11) is 0. The normalized spacial score (nSPS) is 54.8. The topological polar surface area (TPSA) is 284 Å². The van der Waals surface area contributed by atoms with Crippen LogP contribution in [0.4, 0.5) is 0 Å². The van der Waals surface area contributed by atoms with E-state index in [1.54, 1.807) is 0 Å². The van der Waals surface area contributed by atoms with Gasteiger partial charge in [0.15, 0.2) is 18.9 Å². The Bertz CT molecular complexity index is 1810. The Morgan fingerprint density at radius 2 is 1.15 bits per heavy atom. The van der Waals surface area contributed by atoms with E-state index in [2.05, 4.69) is 34.6 Å². The molecule has 0 aromatic heterocycles. The molecule has 18 heteroatoms. The van der Waals surface area contributed by atoms with Gasteiger partial charge in [-0.1, -0.05) is 40.7 Å². The summed E-state index contributed by atoms with van der Waals surface area (Å²) in [6.45, 7) is 11.5. The molecule has 0 bridgehead atoms. The number of rotatable bonds is 11. The summed E-state index contributed by atoms with van der Waals surface area (Å²) in [5, 5.41) is 107. The van der Waals surface area contributed by atoms with Gasteiger partial charge in [-0.15, -0.1) is 0 Å². The van der Waals surface area contributed by atoms with E-state index in [4.69, 9.17) is 33.2 Å². The average Bonchev–Trinajstić information content (AvgIpc) is 3.88. The Hall–Kier alpha value is -1.43. The lowest BCUT2D eigenvalue weighted by atomic mass is 9.41. The fourth-order valence-electron chi connectivity index (χ4n) is 16.0. The van der Waals surface area contributed by atoms with Gasteiger partial charge in [-0.25, -0.2) is 4.79 Å². The van der Waals surface area contributed by atoms with Gasteiger partial charge in [-0.3, -0.25) is 0 Å². The average molecular weight is 941 g/mol. The van der Waals surface area contributed by atoms with Crippen molar-refractivity contribution in [2.45, 2.75) is 210 Å². The zero-order valence-electron chi connectivity index (χ0n) is 39.1. The fraction of sp³-hybridized carbons (Fsp3) is 0.938. The molecule has 4 aliphatic heterocycles. The van der Waals surface area contributed by atoms with Crippen molar-refractivity contribution >= 4 is 5.97 Å². The van der Waals surface area contributed by atoms with Gasteiger partial charge in [0.25, 0.3) is 0 Å². The molecule has 5 aliphatic carbocycles. The number of carbonyl (C=O) groups is 1. The van der Waals surface area contributed by atoms with Crippen LogP contribution in [0.3, 0.4) is 0 Å². The van der Waals surface area contributed by atoms with Crippen molar-refractivity contribution in [3.8, 4) is 0 Å². The third kappa shape index (κ3) is 7.36. The lowest BCUT2D eigenvalue weighted by Crippen LogP contribution is -2.67. The Morgan fingerprint density at radius 3 is 1.74 bits per heavy atom. The second-order valence-corrected chi connectivity index (χ2v) is 22.9. The summed E-state index contributed by atoms with van der Waals surface area (Å²) in [5.41, 5.74) is 0.879. The standard InChI is InChI=1S/C48H76O18/c1-21-7-8-24(60-40(21)59)22(2)23-11-13-46(6)29-10-9-28-44(3,4)30(12-14-47(28)20-48(29,47)16-15-45(23,46)5)64-42-38(35(56)32(53)26(18-50)62-42)66-43-39(36(57)33(54)27(19-51)63-43)65-41-37(58)34(55)31(52)25(17-49)61-41/h7,22-39,41-43,49-58H,8-20H2,1-6H3/t22-,23+,24+,25+,26+,27+,28+,29-,30-,31+,32+,33+,34-,35-,36-,37+,38+,39+,41-,42-,43-,45+,46-,47+,48-/m0/s1. The van der Waals surface area contributed by atoms with E-state index < -0.39 is 123 Å². The van der Waals surface area contributed by atoms with Crippen molar-refractivity contribution in [3.63, 3.8) is 0 Å². The van der Waals surface area contributed by atoms with Gasteiger partial charge >= 0.3 is 5.97 Å². The van der Waals surface area contributed by atoms with Crippen LogP contribution in [-0.2, 0) is 38.0 Å². The second kappa shape index (κ2) is 17.7. The maximum Gasteiger partial charge on any atom is 0.333 e. The van der Waals surface area contributed by atoms with Crippen molar-refractivity contribution in [1.29, 1.82) is 0 Å². The highest BCUT2D eigenvalue weighted by Crippen LogP contribution is 2.89. The number of ether oxygens (including phenoxy) is 7. The molecule has 3 saturated heterocycles. The summed E-state index contributed by atoms with van der Waals surface area (Å²) < 4.78 is 42.7. The van der Waals surface area contributed by atoms with E-state index in [1.807, 2.05) is 13.0 Å². The van der Waals surface area contributed by atoms with Crippen molar-refractivity contribution in [1.82, 2.24) is 0 Å². The summed E-state index contributed by atoms with van der Waals surface area (Å²) in [6, 6.07) is 0. The zero-order valence-corrected chi connectivity index (χ0v) is 39.1. The van der Waals surface area contributed by atoms with Crippen LogP contribution in [0, 0.1) is 50.7 Å². The highest BCUT2D eigenvalue weighted by molar-refractivity contribution is 5.88. The predicted octanol–water partition coefficient (Wildman–Crippen LogP) is 0.157. The van der Waals surface area contributed by atoms with Crippen LogP contribution in [0.25, 0.3) is 0 Å². The van der Waals surface area contributed by atoms with E-state index >= 15 is 0 Å². The number of carbonyl (C=O) groups excluding carboxylic acids is 1. The maximum atomic E-state index is 12.6. The molecule has 5 saturated carbocycles. The first-order chi connectivity index (χ1) is 31.1. The molecule has 0 radical (unpaired) electrons. The highest BCUT2D eigenvalue weighted by atomic mass is 16.8. The van der Waals surface area contributed by atoms with Gasteiger partial charge in [0.2, 0.25) is 0 Å². The van der Waals surface area contributed by atoms with Crippen LogP contribution in [0.5, 0.6) is 0 Å². The second-order valence-electron chi connectivity index (χ2n) is 22.9. The first-order valence-electron chi connectivity index (χ1n) is 24.5. The molecular formula is C48H76O18. The number of aliphatic hydroxyl groups is 10. The van der Waals surface area contributed by atoms with Crippen LogP contribution in [0.15, 0.2) is 11.6 Å². The van der Waals surface area contributed by atoms with Crippen LogP contribution in [-0.4, -0.2) is 181 Å². The van der Waals surface area contributed by atoms with Gasteiger partial charge in [0, 0.05) is 12.0 Å². The van der Waals surface area contributed by atoms with Crippen LogP contribution < -0.4 is 0 Å². The lowest BCUT2D eigenvalue weighted by molar-refractivity contribution is -0.398. The quantitative estimate of drug-likeness (QED) is 0.0976. The number of hydrogen-bond donors (Lipinski definition) is 10. The molecule has 0 aromatic rings. The molecule has 25 atom stereocenters. The summed E-state index contributed by atoms with van der Waals surface area (Å²) in [6.07, 6.45) is -13.1. The zero-order chi connectivity index (χ0) is 47.6. The molecular weight excluding hydrogens is 865 g/mol. The lowest BCUT2D eigenvalue weighted by Gasteiger charge is -2.64. The molecule has 0 amide bonds. The van der Waals surface area contributed by atoms with Crippen LogP contribution in [0.1, 0.15) is 106 Å². The molecule has 9 aliphatic rings. The molecule has 0 aromatic carbocycles. The molecule has 376 valence electrons. The SMILES string of the molecule is CC1=CC[C@H]([C@@H](C)[C@H]2CC[C@@]3(C)[C@@H]4CC[C@@H]5C(C)(C)[C@@H](O[C@@H]6O[C@H](CO)[C@@H](O)[C@H](O)[C@H]6O[C@@H]6O[C@H](CO)[C@@H](O)[C@H](O)[C@H]6O[C@@H]6O[C@H](CO)[C@@H](O)[C@H](O)[C@H]6O)CC[C@@]56C[C@@]46CC[C@]23C)OC1=O. The van der Waals surface area contributed by atoms with E-state index in [1.165, 1.54) is 6.42 Å². The molecule has 9 rings (SSSR count). The molecule has 8 fully saturated rings. The molecule has 18 nitrogen and oxygen atoms in total. The molecule has 4 heterocycles. The van der Waals surface area contributed by atoms with Crippen LogP contribution >= 0.6 is 0 Å². The summed E-state index contributed by atoms with van der Waals surface area (Å²) in [4.78, 5) is 12.6. The molecule has 0 unspecified atom stereocenters. The smallest absolute Gasteiger partial charge is 0.333 e. The predicted molar refractivity (Wildman–Crippen MR) is 228 cm³/mol. The maximum absolute atomic E-state index is 12.6. The Morgan fingerprint density at radius 1 is 0.621 bits per heavy atom. The number of cyclic esters (lactones) is 1. The van der Waals surface area contributed by atoms with Crippen molar-refractivity contribution < 1.29 is 89.0 Å². The largest absolute Gasteiger partial charge is 0.458 e. The third-order valence-corrected chi connectivity index (χ3v) is 19.9. The van der Waals surface area contributed by atoms with Crippen molar-refractivity contribution in [2.24, 2.45) is 50.7 Å². The van der Waals surface area contributed by atoms with Crippen molar-refractivity contribution in [3.05, 3.63) is 11.6 Å². The minimum atomic E-state index is -1.90. The van der Waals surface area contributed by atoms with E-state index in [0.29, 0.717) is 29.7 Å². The summed E-state index contributed by atoms with van der Waals surface area (Å²) >= 11 is 0. The summed E-state index contributed by atoms with van der Waals surface area (Å²) in [5.74, 6) is 1.38. The van der Waals surface area contributed by atoms with E-state index in [0.717, 1.165) is 51.4 Å². The third-order valence-electron chi connectivity index (χ3n) is 19.9. The monoisotopic (exact) mass is 941 g/mol. The van der Waals surface area contributed by atoms with Gasteiger partial charge in [0.05, 0.1) is 25.9 Å². The molecule has 2 spiro atoms. The number of fused-ring (bicyclic) bond motifs is 2. The van der Waals surface area contributed by atoms with Gasteiger partial charge in [-0.2, -0.15) is 0 Å². The molecule has 66 heavy (non-hydrogen) atoms. The van der Waals surface area contributed by atoms with E-state index in [9.17, 15) is 55.9 Å². The Kier molecular flexibility index (Phi) is 13.3. The Labute approximate surface area is 386 Å². The van der Waals surface area contributed by atoms with E-state index in [-0.39, 0.29) is 39.7 Å². The number of aliphatic hydroxyl groups excluding tert-OH is 10. The van der Waals surface area contributed by atoms with Gasteiger partial charge < -0.3 is 84.2 Å². The minimum Gasteiger partial charge on any atom is -0.458 e. The minimum absolute atomic E-state index is 0.103. The first kappa shape index (κ1) is 49.5. The highest BCUT2D eigenvalue weighted by Gasteiger charge is 2.82. The molecule has 10 N–H and O–H groups in total. The first-order valence-corrected chi connectivity index (χ1v) is 24.5.